The number of para-hydroxylation sites is 1. The normalized spacial score (nSPS) is 10.2. The van der Waals surface area contributed by atoms with Crippen LogP contribution >= 0.6 is 0 Å². The number of carbonyl (C=O) groups excluding carboxylic acids is 2. The third-order valence-corrected chi connectivity index (χ3v) is 3.89. The maximum Gasteiger partial charge on any atom is 0.340 e. The van der Waals surface area contributed by atoms with Crippen LogP contribution in [0.5, 0.6) is 0 Å². The fraction of sp³-hybridized carbons (Fsp3) is 0.143. The molecule has 0 unspecified atom stereocenters. The monoisotopic (exact) mass is 376 g/mol. The van der Waals surface area contributed by atoms with Gasteiger partial charge in [-0.15, -0.1) is 0 Å². The zero-order chi connectivity index (χ0) is 19.9. The van der Waals surface area contributed by atoms with Crippen molar-refractivity contribution in [1.29, 1.82) is 0 Å². The van der Waals surface area contributed by atoms with Gasteiger partial charge in [0.1, 0.15) is 17.8 Å². The van der Waals surface area contributed by atoms with Crippen molar-refractivity contribution >= 4 is 29.1 Å². The Morgan fingerprint density at radius 1 is 1.04 bits per heavy atom. The van der Waals surface area contributed by atoms with Crippen LogP contribution in [0.2, 0.25) is 0 Å². The lowest BCUT2D eigenvalue weighted by atomic mass is 10.1. The number of carbonyl (C=O) groups is 2. The lowest BCUT2D eigenvalue weighted by Gasteiger charge is -2.11. The molecule has 0 spiro atoms. The lowest BCUT2D eigenvalue weighted by molar-refractivity contribution is 0.0527. The second-order valence-electron chi connectivity index (χ2n) is 6.00. The van der Waals surface area contributed by atoms with Gasteiger partial charge < -0.3 is 15.4 Å². The average Bonchev–Trinajstić information content (AvgIpc) is 2.70. The van der Waals surface area contributed by atoms with Crippen LogP contribution in [0.25, 0.3) is 0 Å². The van der Waals surface area contributed by atoms with E-state index in [9.17, 15) is 9.59 Å². The first-order valence-corrected chi connectivity index (χ1v) is 8.80. The second kappa shape index (κ2) is 8.77. The van der Waals surface area contributed by atoms with Crippen LogP contribution < -0.4 is 10.6 Å². The van der Waals surface area contributed by atoms with Gasteiger partial charge in [-0.05, 0) is 38.1 Å². The Morgan fingerprint density at radius 2 is 1.79 bits per heavy atom. The lowest BCUT2D eigenvalue weighted by Crippen LogP contribution is -2.17. The van der Waals surface area contributed by atoms with Gasteiger partial charge in [-0.3, -0.25) is 4.79 Å². The molecule has 0 aliphatic rings. The number of benzene rings is 2. The Hall–Kier alpha value is -3.74. The van der Waals surface area contributed by atoms with Crippen molar-refractivity contribution in [2.24, 2.45) is 0 Å². The van der Waals surface area contributed by atoms with Crippen molar-refractivity contribution in [3.8, 4) is 0 Å². The molecule has 2 aromatic carbocycles. The Labute approximate surface area is 162 Å². The number of ether oxygens (including phenoxy) is 1. The SMILES string of the molecule is CCOC(=O)c1ccccc1NC(=O)c1cc(Nc2ccc(C)cc2)ncn1. The van der Waals surface area contributed by atoms with Crippen LogP contribution in [-0.2, 0) is 4.74 Å². The quantitative estimate of drug-likeness (QED) is 0.633. The molecule has 0 bridgehead atoms. The van der Waals surface area contributed by atoms with Crippen LogP contribution in [0.15, 0.2) is 60.9 Å². The van der Waals surface area contributed by atoms with Gasteiger partial charge in [0.05, 0.1) is 17.9 Å². The summed E-state index contributed by atoms with van der Waals surface area (Å²) in [5.74, 6) is -0.461. The zero-order valence-electron chi connectivity index (χ0n) is 15.6. The van der Waals surface area contributed by atoms with Gasteiger partial charge in [0.25, 0.3) is 5.91 Å². The maximum atomic E-state index is 12.6. The molecule has 7 heteroatoms. The van der Waals surface area contributed by atoms with E-state index in [0.717, 1.165) is 11.3 Å². The van der Waals surface area contributed by atoms with Gasteiger partial charge >= 0.3 is 5.97 Å². The minimum absolute atomic E-state index is 0.170. The van der Waals surface area contributed by atoms with Crippen LogP contribution in [0.4, 0.5) is 17.2 Å². The molecule has 2 N–H and O–H groups in total. The number of anilines is 3. The number of aromatic nitrogens is 2. The molecular formula is C21H20N4O3. The van der Waals surface area contributed by atoms with E-state index in [1.54, 1.807) is 37.3 Å². The van der Waals surface area contributed by atoms with Crippen molar-refractivity contribution in [2.45, 2.75) is 13.8 Å². The van der Waals surface area contributed by atoms with Gasteiger partial charge in [0.15, 0.2) is 0 Å². The van der Waals surface area contributed by atoms with Gasteiger partial charge in [-0.2, -0.15) is 0 Å². The first-order valence-electron chi connectivity index (χ1n) is 8.80. The Bertz CT molecular complexity index is 987. The summed E-state index contributed by atoms with van der Waals surface area (Å²) in [6, 6.07) is 16.0. The number of hydrogen-bond donors (Lipinski definition) is 2. The molecule has 0 aliphatic heterocycles. The molecule has 1 aromatic heterocycles. The summed E-state index contributed by atoms with van der Waals surface area (Å²) in [5.41, 5.74) is 2.81. The standard InChI is InChI=1S/C21H20N4O3/c1-3-28-21(27)16-6-4-5-7-17(16)25-20(26)18-12-19(23-13-22-18)24-15-10-8-14(2)9-11-15/h4-13H,3H2,1-2H3,(H,25,26)(H,22,23,24). The summed E-state index contributed by atoms with van der Waals surface area (Å²) in [5, 5.41) is 5.84. The number of hydrogen-bond acceptors (Lipinski definition) is 6. The highest BCUT2D eigenvalue weighted by Gasteiger charge is 2.16. The smallest absolute Gasteiger partial charge is 0.340 e. The molecule has 1 amide bonds. The molecule has 3 rings (SSSR count). The minimum atomic E-state index is -0.497. The summed E-state index contributed by atoms with van der Waals surface area (Å²) < 4.78 is 5.02. The molecule has 0 atom stereocenters. The fourth-order valence-electron chi connectivity index (χ4n) is 2.50. The van der Waals surface area contributed by atoms with Gasteiger partial charge in [0.2, 0.25) is 0 Å². The summed E-state index contributed by atoms with van der Waals surface area (Å²) >= 11 is 0. The number of esters is 1. The highest BCUT2D eigenvalue weighted by molar-refractivity contribution is 6.07. The average molecular weight is 376 g/mol. The summed E-state index contributed by atoms with van der Waals surface area (Å²) in [6.07, 6.45) is 1.31. The van der Waals surface area contributed by atoms with E-state index in [4.69, 9.17) is 4.74 Å². The van der Waals surface area contributed by atoms with E-state index < -0.39 is 11.9 Å². The molecule has 1 heterocycles. The van der Waals surface area contributed by atoms with Crippen LogP contribution in [0.1, 0.15) is 33.3 Å². The molecule has 0 saturated carbocycles. The first-order chi connectivity index (χ1) is 13.6. The third-order valence-electron chi connectivity index (χ3n) is 3.89. The van der Waals surface area contributed by atoms with E-state index in [1.165, 1.54) is 6.33 Å². The number of aryl methyl sites for hydroxylation is 1. The predicted molar refractivity (Wildman–Crippen MR) is 107 cm³/mol. The summed E-state index contributed by atoms with van der Waals surface area (Å²) in [4.78, 5) is 32.8. The molecule has 7 nitrogen and oxygen atoms in total. The maximum absolute atomic E-state index is 12.6. The Kier molecular flexibility index (Phi) is 5.96. The first kappa shape index (κ1) is 19.0. The van der Waals surface area contributed by atoms with Gasteiger partial charge in [-0.25, -0.2) is 14.8 Å². The molecule has 142 valence electrons. The van der Waals surface area contributed by atoms with Crippen molar-refractivity contribution in [3.05, 3.63) is 77.7 Å². The van der Waals surface area contributed by atoms with Gasteiger partial charge in [0, 0.05) is 11.8 Å². The number of nitrogens with zero attached hydrogens (tertiary/aromatic N) is 2. The van der Waals surface area contributed by atoms with Gasteiger partial charge in [-0.1, -0.05) is 29.8 Å². The molecular weight excluding hydrogens is 356 g/mol. The largest absolute Gasteiger partial charge is 0.462 e. The summed E-state index contributed by atoms with van der Waals surface area (Å²) in [6.45, 7) is 3.98. The van der Waals surface area contributed by atoms with Crippen molar-refractivity contribution < 1.29 is 14.3 Å². The van der Waals surface area contributed by atoms with E-state index in [-0.39, 0.29) is 17.9 Å². The molecule has 0 aliphatic carbocycles. The molecule has 0 radical (unpaired) electrons. The predicted octanol–water partition coefficient (Wildman–Crippen LogP) is 3.96. The van der Waals surface area contributed by atoms with Crippen molar-refractivity contribution in [1.82, 2.24) is 9.97 Å². The molecule has 3 aromatic rings. The van der Waals surface area contributed by atoms with Crippen LogP contribution in [0, 0.1) is 6.92 Å². The third kappa shape index (κ3) is 4.70. The Morgan fingerprint density at radius 3 is 2.54 bits per heavy atom. The van der Waals surface area contributed by atoms with E-state index >= 15 is 0 Å². The fourth-order valence-corrected chi connectivity index (χ4v) is 2.50. The van der Waals surface area contributed by atoms with E-state index in [2.05, 4.69) is 20.6 Å². The number of rotatable bonds is 6. The number of amides is 1. The van der Waals surface area contributed by atoms with E-state index in [0.29, 0.717) is 11.5 Å². The topological polar surface area (TPSA) is 93.2 Å². The second-order valence-corrected chi connectivity index (χ2v) is 6.00. The molecule has 0 fully saturated rings. The van der Waals surface area contributed by atoms with Crippen molar-refractivity contribution in [2.75, 3.05) is 17.2 Å². The molecule has 0 saturated heterocycles. The van der Waals surface area contributed by atoms with E-state index in [1.807, 2.05) is 31.2 Å². The number of nitrogens with one attached hydrogen (secondary N) is 2. The Balaban J connectivity index is 1.77. The van der Waals surface area contributed by atoms with Crippen LogP contribution in [-0.4, -0.2) is 28.5 Å². The molecule has 28 heavy (non-hydrogen) atoms. The van der Waals surface area contributed by atoms with Crippen molar-refractivity contribution in [3.63, 3.8) is 0 Å². The minimum Gasteiger partial charge on any atom is -0.462 e. The zero-order valence-corrected chi connectivity index (χ0v) is 15.6. The summed E-state index contributed by atoms with van der Waals surface area (Å²) in [7, 11) is 0. The van der Waals surface area contributed by atoms with Crippen LogP contribution in [0.3, 0.4) is 0 Å². The highest BCUT2D eigenvalue weighted by atomic mass is 16.5. The highest BCUT2D eigenvalue weighted by Crippen LogP contribution is 2.19.